The second-order valence-corrected chi connectivity index (χ2v) is 2.69. The van der Waals surface area contributed by atoms with Gasteiger partial charge in [-0.1, -0.05) is 30.3 Å². The molecule has 1 rings (SSSR count). The number of benzene rings is 1. The van der Waals surface area contributed by atoms with Crippen LogP contribution in [0.1, 0.15) is 5.56 Å². The van der Waals surface area contributed by atoms with Crippen molar-refractivity contribution in [3.8, 4) is 0 Å². The molecule has 58 valence electrons. The number of hydrogen-bond acceptors (Lipinski definition) is 2. The Morgan fingerprint density at radius 1 is 1.36 bits per heavy atom. The molecule has 0 atom stereocenters. The average molecular weight is 166 g/mol. The topological polar surface area (TPSA) is 9.23 Å². The van der Waals surface area contributed by atoms with Crippen molar-refractivity contribution < 1.29 is 4.74 Å². The fraction of sp³-hybridized carbons (Fsp3) is 0.222. The minimum absolute atomic E-state index is 0.635. The van der Waals surface area contributed by atoms with Gasteiger partial charge >= 0.3 is 0 Å². The molecule has 0 saturated carbocycles. The van der Waals surface area contributed by atoms with E-state index in [-0.39, 0.29) is 0 Å². The van der Waals surface area contributed by atoms with Crippen LogP contribution in [0.3, 0.4) is 0 Å². The number of methoxy groups -OCH3 is 1. The first-order valence-corrected chi connectivity index (χ1v) is 3.84. The largest absolute Gasteiger partial charge is 0.490 e. The smallest absolute Gasteiger partial charge is 0.163 e. The zero-order valence-electron chi connectivity index (χ0n) is 6.41. The Bertz CT molecular complexity index is 231. The molecule has 1 aromatic carbocycles. The molecule has 0 aliphatic carbocycles. The summed E-state index contributed by atoms with van der Waals surface area (Å²) in [6.45, 7) is 0. The highest BCUT2D eigenvalue weighted by atomic mass is 32.1. The Balaban J connectivity index is 2.58. The quantitative estimate of drug-likeness (QED) is 0.623. The SMILES string of the molecule is COC(=S)Cc1ccccc1. The van der Waals surface area contributed by atoms with E-state index < -0.39 is 0 Å². The minimum Gasteiger partial charge on any atom is -0.490 e. The Labute approximate surface area is 72.0 Å². The number of rotatable bonds is 2. The van der Waals surface area contributed by atoms with Crippen molar-refractivity contribution >= 4 is 17.3 Å². The summed E-state index contributed by atoms with van der Waals surface area (Å²) in [5.74, 6) is 0. The molecule has 0 amide bonds. The standard InChI is InChI=1S/C9H10OS/c1-10-9(11)7-8-5-3-2-4-6-8/h2-6H,7H2,1H3. The normalized spacial score (nSPS) is 9.18. The van der Waals surface area contributed by atoms with Crippen LogP contribution in [0.5, 0.6) is 0 Å². The zero-order valence-corrected chi connectivity index (χ0v) is 7.23. The Morgan fingerprint density at radius 3 is 2.55 bits per heavy atom. The highest BCUT2D eigenvalue weighted by molar-refractivity contribution is 7.80. The number of hydrogen-bond donors (Lipinski definition) is 0. The fourth-order valence-corrected chi connectivity index (χ4v) is 1.00. The zero-order chi connectivity index (χ0) is 8.10. The van der Waals surface area contributed by atoms with Gasteiger partial charge in [0, 0.05) is 6.42 Å². The van der Waals surface area contributed by atoms with Crippen molar-refractivity contribution in [2.75, 3.05) is 7.11 Å². The molecule has 2 heteroatoms. The Morgan fingerprint density at radius 2 is 2.00 bits per heavy atom. The van der Waals surface area contributed by atoms with Crippen LogP contribution in [0.15, 0.2) is 30.3 Å². The lowest BCUT2D eigenvalue weighted by molar-refractivity contribution is 0.406. The van der Waals surface area contributed by atoms with E-state index in [4.69, 9.17) is 17.0 Å². The van der Waals surface area contributed by atoms with Crippen LogP contribution in [0.2, 0.25) is 0 Å². The van der Waals surface area contributed by atoms with Crippen molar-refractivity contribution in [3.05, 3.63) is 35.9 Å². The molecule has 0 fully saturated rings. The molecule has 1 aromatic rings. The molecule has 0 N–H and O–H groups in total. The molecule has 0 heterocycles. The van der Waals surface area contributed by atoms with Gasteiger partial charge in [-0.15, -0.1) is 0 Å². The van der Waals surface area contributed by atoms with Gasteiger partial charge < -0.3 is 4.74 Å². The third kappa shape index (κ3) is 2.68. The first kappa shape index (κ1) is 8.21. The van der Waals surface area contributed by atoms with Gasteiger partial charge in [0.25, 0.3) is 0 Å². The van der Waals surface area contributed by atoms with Crippen molar-refractivity contribution in [1.82, 2.24) is 0 Å². The molecule has 0 radical (unpaired) electrons. The summed E-state index contributed by atoms with van der Waals surface area (Å²) in [4.78, 5) is 0. The van der Waals surface area contributed by atoms with Crippen LogP contribution < -0.4 is 0 Å². The summed E-state index contributed by atoms with van der Waals surface area (Å²) in [6.07, 6.45) is 0.729. The molecule has 1 nitrogen and oxygen atoms in total. The molecule has 0 aromatic heterocycles. The predicted octanol–water partition coefficient (Wildman–Crippen LogP) is 2.20. The lowest BCUT2D eigenvalue weighted by Gasteiger charge is -2.00. The molecule has 0 aliphatic heterocycles. The van der Waals surface area contributed by atoms with E-state index in [0.717, 1.165) is 6.42 Å². The van der Waals surface area contributed by atoms with E-state index in [1.165, 1.54) is 5.56 Å². The predicted molar refractivity (Wildman–Crippen MR) is 49.8 cm³/mol. The lowest BCUT2D eigenvalue weighted by atomic mass is 10.2. The Hall–Kier alpha value is -0.890. The van der Waals surface area contributed by atoms with Crippen molar-refractivity contribution in [2.45, 2.75) is 6.42 Å². The summed E-state index contributed by atoms with van der Waals surface area (Å²) >= 11 is 4.92. The third-order valence-electron chi connectivity index (χ3n) is 1.42. The summed E-state index contributed by atoms with van der Waals surface area (Å²) in [5, 5.41) is 0.635. The van der Waals surface area contributed by atoms with Crippen LogP contribution in [0.4, 0.5) is 0 Å². The van der Waals surface area contributed by atoms with Crippen molar-refractivity contribution in [2.24, 2.45) is 0 Å². The second-order valence-electron chi connectivity index (χ2n) is 2.24. The summed E-state index contributed by atoms with van der Waals surface area (Å²) in [7, 11) is 1.60. The first-order valence-electron chi connectivity index (χ1n) is 3.43. The minimum atomic E-state index is 0.635. The average Bonchev–Trinajstić information content (AvgIpc) is 2.06. The van der Waals surface area contributed by atoms with Crippen LogP contribution in [0.25, 0.3) is 0 Å². The highest BCUT2D eigenvalue weighted by Crippen LogP contribution is 2.00. The molecule has 0 spiro atoms. The van der Waals surface area contributed by atoms with Crippen LogP contribution in [-0.2, 0) is 11.2 Å². The van der Waals surface area contributed by atoms with Crippen LogP contribution >= 0.6 is 12.2 Å². The second kappa shape index (κ2) is 4.09. The van der Waals surface area contributed by atoms with Gasteiger partial charge in [0.05, 0.1) is 7.11 Å². The van der Waals surface area contributed by atoms with Gasteiger partial charge in [-0.2, -0.15) is 0 Å². The van der Waals surface area contributed by atoms with Gasteiger partial charge in [-0.05, 0) is 17.8 Å². The first-order chi connectivity index (χ1) is 5.33. The van der Waals surface area contributed by atoms with E-state index in [1.54, 1.807) is 7.11 Å². The van der Waals surface area contributed by atoms with Gasteiger partial charge in [0.1, 0.15) is 0 Å². The van der Waals surface area contributed by atoms with E-state index in [0.29, 0.717) is 5.05 Å². The third-order valence-corrected chi connectivity index (χ3v) is 1.73. The summed E-state index contributed by atoms with van der Waals surface area (Å²) in [6, 6.07) is 10.0. The fourth-order valence-electron chi connectivity index (χ4n) is 0.835. The molecule has 0 unspecified atom stereocenters. The molecule has 11 heavy (non-hydrogen) atoms. The van der Waals surface area contributed by atoms with Crippen molar-refractivity contribution in [1.29, 1.82) is 0 Å². The van der Waals surface area contributed by atoms with Gasteiger partial charge in [-0.25, -0.2) is 0 Å². The van der Waals surface area contributed by atoms with Crippen LogP contribution in [-0.4, -0.2) is 12.2 Å². The molecule has 0 saturated heterocycles. The van der Waals surface area contributed by atoms with E-state index in [1.807, 2.05) is 30.3 Å². The van der Waals surface area contributed by atoms with Gasteiger partial charge in [0.2, 0.25) is 0 Å². The molecule has 0 bridgehead atoms. The maximum absolute atomic E-state index is 4.92. The molecular formula is C9H10OS. The maximum Gasteiger partial charge on any atom is 0.163 e. The summed E-state index contributed by atoms with van der Waals surface area (Å²) < 4.78 is 4.89. The van der Waals surface area contributed by atoms with E-state index >= 15 is 0 Å². The van der Waals surface area contributed by atoms with Gasteiger partial charge in [-0.3, -0.25) is 0 Å². The molecule has 0 aliphatic rings. The van der Waals surface area contributed by atoms with E-state index in [2.05, 4.69) is 0 Å². The Kier molecular flexibility index (Phi) is 3.05. The highest BCUT2D eigenvalue weighted by Gasteiger charge is 1.95. The molecular weight excluding hydrogens is 156 g/mol. The van der Waals surface area contributed by atoms with Crippen LogP contribution in [0, 0.1) is 0 Å². The summed E-state index contributed by atoms with van der Waals surface area (Å²) in [5.41, 5.74) is 1.19. The van der Waals surface area contributed by atoms with E-state index in [9.17, 15) is 0 Å². The monoisotopic (exact) mass is 166 g/mol. The number of thiocarbonyl (C=S) groups is 1. The van der Waals surface area contributed by atoms with Gasteiger partial charge in [0.15, 0.2) is 5.05 Å². The van der Waals surface area contributed by atoms with Crippen molar-refractivity contribution in [3.63, 3.8) is 0 Å². The number of ether oxygens (including phenoxy) is 1. The maximum atomic E-state index is 4.92. The lowest BCUT2D eigenvalue weighted by Crippen LogP contribution is -2.00.